The molecule has 0 unspecified atom stereocenters. The number of hydrogen-bond acceptors (Lipinski definition) is 16. The van der Waals surface area contributed by atoms with Gasteiger partial charge >= 0.3 is 80.9 Å². The van der Waals surface area contributed by atoms with Crippen molar-refractivity contribution in [1.82, 2.24) is 29.9 Å². The summed E-state index contributed by atoms with van der Waals surface area (Å²) in [6.45, 7) is 0. The molecule has 264 valence electrons. The van der Waals surface area contributed by atoms with E-state index in [1.807, 2.05) is 12.1 Å². The van der Waals surface area contributed by atoms with Gasteiger partial charge in [0.1, 0.15) is 20.2 Å². The first kappa shape index (κ1) is 43.6. The van der Waals surface area contributed by atoms with Crippen molar-refractivity contribution in [1.29, 1.82) is 0 Å². The fourth-order valence-corrected chi connectivity index (χ4v) is 6.31. The van der Waals surface area contributed by atoms with Crippen LogP contribution in [0.3, 0.4) is 0 Å². The average molecular weight is 840 g/mol. The van der Waals surface area contributed by atoms with E-state index in [0.717, 1.165) is 12.1 Å². The predicted molar refractivity (Wildman–Crippen MR) is 193 cm³/mol. The maximum absolute atomic E-state index is 12.3. The molecule has 0 atom stereocenters. The van der Waals surface area contributed by atoms with Crippen LogP contribution in [0.15, 0.2) is 107 Å². The number of para-hydroxylation sites is 2. The van der Waals surface area contributed by atoms with Crippen molar-refractivity contribution >= 4 is 102 Å². The van der Waals surface area contributed by atoms with Crippen molar-refractivity contribution in [2.45, 2.75) is 9.79 Å². The van der Waals surface area contributed by atoms with E-state index in [1.165, 1.54) is 36.4 Å². The summed E-state index contributed by atoms with van der Waals surface area (Å²) < 4.78 is 73.8. The second-order valence-electron chi connectivity index (χ2n) is 10.5. The molecule has 2 aromatic heterocycles. The Labute approximate surface area is 383 Å². The summed E-state index contributed by atoms with van der Waals surface area (Å²) in [6.07, 6.45) is 2.36. The predicted octanol–water partition coefficient (Wildman–Crippen LogP) is 0.324. The van der Waals surface area contributed by atoms with Gasteiger partial charge < -0.3 is 30.4 Å². The third-order valence-corrected chi connectivity index (χ3v) is 8.92. The van der Waals surface area contributed by atoms with Crippen molar-refractivity contribution in [3.05, 3.63) is 119 Å². The van der Waals surface area contributed by atoms with Crippen LogP contribution in [-0.2, 0) is 20.2 Å². The molecule has 0 bridgehead atoms. The number of hydrogen-bond donors (Lipinski definition) is 4. The third kappa shape index (κ3) is 12.2. The summed E-state index contributed by atoms with van der Waals surface area (Å²) in [7, 11) is -10.1. The molecule has 6 rings (SSSR count). The number of halogens is 2. The van der Waals surface area contributed by atoms with Gasteiger partial charge in [-0.2, -0.15) is 29.9 Å². The molecule has 16 nitrogen and oxygen atoms in total. The van der Waals surface area contributed by atoms with Crippen LogP contribution >= 0.6 is 23.2 Å². The molecule has 54 heavy (non-hydrogen) atoms. The van der Waals surface area contributed by atoms with Gasteiger partial charge in [0.15, 0.2) is 0 Å². The topological polar surface area (TPSA) is 240 Å². The molecule has 0 fully saturated rings. The molecule has 0 saturated carbocycles. The zero-order valence-electron chi connectivity index (χ0n) is 28.1. The number of rotatable bonds is 12. The summed E-state index contributed by atoms with van der Waals surface area (Å²) >= 11 is 12.1. The number of benzene rings is 4. The van der Waals surface area contributed by atoms with Crippen LogP contribution in [-0.4, -0.2) is 55.8 Å². The summed E-state index contributed by atoms with van der Waals surface area (Å²) in [4.78, 5) is 23.1. The molecule has 4 aromatic carbocycles. The largest absolute Gasteiger partial charge is 1.00 e. The van der Waals surface area contributed by atoms with Crippen LogP contribution in [0.4, 0.5) is 46.5 Å². The van der Waals surface area contributed by atoms with Crippen molar-refractivity contribution < 1.29 is 107 Å². The zero-order valence-corrected chi connectivity index (χ0v) is 36.4. The van der Waals surface area contributed by atoms with Gasteiger partial charge in [0, 0.05) is 22.7 Å². The zero-order chi connectivity index (χ0) is 36.9. The van der Waals surface area contributed by atoms with Crippen molar-refractivity contribution in [2.24, 2.45) is 0 Å². The number of aromatic nitrogens is 6. The van der Waals surface area contributed by atoms with Gasteiger partial charge in [0.2, 0.25) is 34.4 Å². The van der Waals surface area contributed by atoms with Gasteiger partial charge in [-0.3, -0.25) is 0 Å². The first-order chi connectivity index (χ1) is 24.8. The van der Waals surface area contributed by atoms with E-state index >= 15 is 0 Å². The molecule has 4 N–H and O–H groups in total. The van der Waals surface area contributed by atoms with Gasteiger partial charge in [-0.25, -0.2) is 16.8 Å². The Morgan fingerprint density at radius 1 is 0.481 bits per heavy atom. The molecule has 0 spiro atoms. The minimum atomic E-state index is -5.07. The maximum Gasteiger partial charge on any atom is 1.00 e. The second kappa shape index (κ2) is 19.2. The summed E-state index contributed by atoms with van der Waals surface area (Å²) in [5.74, 6) is 0.0746. The molecule has 0 aliphatic heterocycles. The van der Waals surface area contributed by atoms with E-state index in [2.05, 4.69) is 51.2 Å². The first-order valence-corrected chi connectivity index (χ1v) is 18.3. The van der Waals surface area contributed by atoms with Crippen molar-refractivity contribution in [3.63, 3.8) is 0 Å². The first-order valence-electron chi connectivity index (χ1n) is 14.7. The van der Waals surface area contributed by atoms with Crippen LogP contribution in [0, 0.1) is 0 Å². The Morgan fingerprint density at radius 2 is 0.796 bits per heavy atom. The van der Waals surface area contributed by atoms with Crippen LogP contribution < -0.4 is 102 Å². The monoisotopic (exact) mass is 838 g/mol. The minimum Gasteiger partial charge on any atom is -0.744 e. The summed E-state index contributed by atoms with van der Waals surface area (Å²) in [5, 5.41) is 11.2. The Bertz CT molecular complexity index is 2360. The van der Waals surface area contributed by atoms with Gasteiger partial charge in [0.25, 0.3) is 0 Å². The average Bonchev–Trinajstić information content (AvgIpc) is 3.07. The molecule has 0 saturated heterocycles. The number of nitrogens with zero attached hydrogens (tertiary/aromatic N) is 6. The molecule has 22 heteroatoms. The molecule has 6 aromatic rings. The SMILES string of the molecule is O=S(=O)([O-])c1cc(Nc2nc(Cl)nc(Nc3ccccc3)n2)ccc1C=Cc1ccc(Nc2nc(Cl)nc(Nc3ccccc3)n2)cc1S(=O)(=O)[O-].[K+].[Na+]. The maximum atomic E-state index is 12.3. The van der Waals surface area contributed by atoms with Gasteiger partial charge in [0.05, 0.1) is 9.79 Å². The van der Waals surface area contributed by atoms with Crippen LogP contribution in [0.5, 0.6) is 0 Å². The normalized spacial score (nSPS) is 11.3. The molecule has 0 radical (unpaired) electrons. The van der Waals surface area contributed by atoms with E-state index in [9.17, 15) is 25.9 Å². The van der Waals surface area contributed by atoms with E-state index < -0.39 is 30.0 Å². The van der Waals surface area contributed by atoms with E-state index in [-0.39, 0.29) is 138 Å². The fourth-order valence-electron chi connectivity index (χ4n) is 4.60. The van der Waals surface area contributed by atoms with Crippen LogP contribution in [0.1, 0.15) is 11.1 Å². The van der Waals surface area contributed by atoms with E-state index in [4.69, 9.17) is 23.2 Å². The standard InChI is InChI=1S/C32H24Cl2N10O6S2.K.Na/c33-27-39-29(35-21-7-3-1-4-8-21)43-31(41-27)37-23-15-13-19(25(17-23)51(45,46)47)11-12-20-14-16-24(18-26(20)52(48,49)50)38-32-42-28(34)40-30(44-32)36-22-9-5-2-6-10-22;;/h1-18H,(H,45,46,47)(H,48,49,50)(H2,35,37,39,41,43)(H2,36,38,40,42,44);;/q;2*+1/p-2. The van der Waals surface area contributed by atoms with Crippen molar-refractivity contribution in [3.8, 4) is 0 Å². The van der Waals surface area contributed by atoms with Crippen molar-refractivity contribution in [2.75, 3.05) is 21.3 Å². The Morgan fingerprint density at radius 3 is 1.11 bits per heavy atom. The van der Waals surface area contributed by atoms with E-state index in [0.29, 0.717) is 11.4 Å². The number of anilines is 8. The molecule has 0 aliphatic rings. The van der Waals surface area contributed by atoms with Gasteiger partial charge in [-0.1, -0.05) is 60.7 Å². The smallest absolute Gasteiger partial charge is 0.744 e. The molecule has 0 amide bonds. The number of nitrogens with one attached hydrogen (secondary N) is 4. The Hall–Kier alpha value is -3.12. The summed E-state index contributed by atoms with van der Waals surface area (Å²) in [6, 6.07) is 25.5. The third-order valence-electron chi connectivity index (χ3n) is 6.80. The second-order valence-corrected chi connectivity index (χ2v) is 13.9. The fraction of sp³-hybridized carbons (Fsp3) is 0. The Balaban J connectivity index is 0.00000325. The van der Waals surface area contributed by atoms with Gasteiger partial charge in [-0.15, -0.1) is 0 Å². The molecular weight excluding hydrogens is 818 g/mol. The van der Waals surface area contributed by atoms with Crippen LogP contribution in [0.2, 0.25) is 10.6 Å². The molecule has 2 heterocycles. The summed E-state index contributed by atoms with van der Waals surface area (Å²) in [5.41, 5.74) is 1.36. The minimum absolute atomic E-state index is 0. The molecular formula is C32H22Cl2KN10NaO6S2. The van der Waals surface area contributed by atoms with Gasteiger partial charge in [-0.05, 0) is 82.9 Å². The van der Waals surface area contributed by atoms with E-state index in [1.54, 1.807) is 48.5 Å². The Kier molecular flexibility index (Phi) is 15.5. The van der Waals surface area contributed by atoms with Crippen LogP contribution in [0.25, 0.3) is 12.2 Å². The quantitative estimate of drug-likeness (QED) is 0.0738. The molecule has 0 aliphatic carbocycles.